The van der Waals surface area contributed by atoms with E-state index in [1.54, 1.807) is 18.3 Å². The summed E-state index contributed by atoms with van der Waals surface area (Å²) in [5.74, 6) is -0.746. The van der Waals surface area contributed by atoms with Crippen molar-refractivity contribution >= 4 is 11.5 Å². The van der Waals surface area contributed by atoms with Crippen molar-refractivity contribution in [1.82, 2.24) is 4.98 Å². The summed E-state index contributed by atoms with van der Waals surface area (Å²) < 4.78 is 18.2. The van der Waals surface area contributed by atoms with Crippen molar-refractivity contribution in [3.63, 3.8) is 0 Å². The topological polar surface area (TPSA) is 39.2 Å². The molecule has 0 saturated carbocycles. The number of carbonyl (C=O) groups is 1. The number of hydrogen-bond acceptors (Lipinski definition) is 3. The number of esters is 1. The number of hydrogen-bond donors (Lipinski definition) is 0. The number of ether oxygens (including phenoxy) is 1. The number of aromatic nitrogens is 1. The van der Waals surface area contributed by atoms with Gasteiger partial charge in [0, 0.05) is 11.8 Å². The zero-order valence-corrected chi connectivity index (χ0v) is 11.6. The fourth-order valence-electron chi connectivity index (χ4n) is 2.60. The first-order valence-corrected chi connectivity index (χ1v) is 6.72. The first kappa shape index (κ1) is 13.5. The van der Waals surface area contributed by atoms with Crippen molar-refractivity contribution < 1.29 is 13.9 Å². The van der Waals surface area contributed by atoms with Crippen LogP contribution in [0.5, 0.6) is 0 Å². The van der Waals surface area contributed by atoms with Gasteiger partial charge in [-0.2, -0.15) is 0 Å². The summed E-state index contributed by atoms with van der Waals surface area (Å²) in [7, 11) is 1.36. The van der Waals surface area contributed by atoms with Crippen molar-refractivity contribution in [2.45, 2.75) is 12.8 Å². The van der Waals surface area contributed by atoms with Crippen LogP contribution in [-0.4, -0.2) is 18.1 Å². The summed E-state index contributed by atoms with van der Waals surface area (Å²) in [5, 5.41) is 0. The van der Waals surface area contributed by atoms with Gasteiger partial charge in [-0.05, 0) is 47.7 Å². The molecule has 0 fully saturated rings. The second kappa shape index (κ2) is 5.48. The number of pyridine rings is 1. The minimum absolute atomic E-state index is 0.371. The third-order valence-corrected chi connectivity index (χ3v) is 3.60. The van der Waals surface area contributed by atoms with Gasteiger partial charge in [0.05, 0.1) is 18.9 Å². The molecule has 0 radical (unpaired) electrons. The van der Waals surface area contributed by atoms with Gasteiger partial charge in [0.15, 0.2) is 0 Å². The molecule has 1 heterocycles. The minimum Gasteiger partial charge on any atom is -0.465 e. The van der Waals surface area contributed by atoms with E-state index in [2.05, 4.69) is 11.1 Å². The highest BCUT2D eigenvalue weighted by Gasteiger charge is 2.17. The number of benzene rings is 1. The highest BCUT2D eigenvalue weighted by molar-refractivity contribution is 5.92. The van der Waals surface area contributed by atoms with Crippen molar-refractivity contribution in [2.24, 2.45) is 0 Å². The van der Waals surface area contributed by atoms with E-state index in [0.717, 1.165) is 35.1 Å². The summed E-state index contributed by atoms with van der Waals surface area (Å²) in [5.41, 5.74) is 4.21. The van der Waals surface area contributed by atoms with Gasteiger partial charge in [0.2, 0.25) is 0 Å². The molecule has 2 aromatic rings. The number of nitrogens with zero attached hydrogens (tertiary/aromatic N) is 1. The molecule has 3 nitrogen and oxygen atoms in total. The Balaban J connectivity index is 2.10. The maximum atomic E-state index is 13.4. The van der Waals surface area contributed by atoms with Crippen LogP contribution >= 0.6 is 0 Å². The van der Waals surface area contributed by atoms with Crippen LogP contribution in [0.15, 0.2) is 42.7 Å². The Hall–Kier alpha value is -2.49. The summed E-state index contributed by atoms with van der Waals surface area (Å²) >= 11 is 0. The number of rotatable bonds is 2. The molecule has 0 N–H and O–H groups in total. The van der Waals surface area contributed by atoms with E-state index >= 15 is 0 Å². The Morgan fingerprint density at radius 3 is 2.90 bits per heavy atom. The Bertz CT molecular complexity index is 737. The second-order valence-electron chi connectivity index (χ2n) is 4.91. The molecular weight excluding hydrogens is 269 g/mol. The predicted molar refractivity (Wildman–Crippen MR) is 77.4 cm³/mol. The molecule has 1 aromatic carbocycles. The van der Waals surface area contributed by atoms with Crippen molar-refractivity contribution in [1.29, 1.82) is 0 Å². The molecule has 0 bridgehead atoms. The first-order chi connectivity index (χ1) is 10.2. The number of aryl methyl sites for hydroxylation is 1. The standard InChI is InChI=1S/C17H14FNO2/c1-21-17(20)12-6-5-11-3-2-4-15(16(11)8-12)13-7-14(18)10-19-9-13/h4-10H,2-3H2,1H3. The first-order valence-electron chi connectivity index (χ1n) is 6.72. The van der Waals surface area contributed by atoms with Gasteiger partial charge in [-0.15, -0.1) is 0 Å². The number of fused-ring (bicyclic) bond motifs is 1. The molecule has 21 heavy (non-hydrogen) atoms. The zero-order valence-electron chi connectivity index (χ0n) is 11.6. The lowest BCUT2D eigenvalue weighted by Crippen LogP contribution is -2.06. The smallest absolute Gasteiger partial charge is 0.337 e. The quantitative estimate of drug-likeness (QED) is 0.793. The lowest BCUT2D eigenvalue weighted by molar-refractivity contribution is 0.0600. The van der Waals surface area contributed by atoms with Gasteiger partial charge in [0.25, 0.3) is 0 Å². The lowest BCUT2D eigenvalue weighted by atomic mass is 9.86. The number of allylic oxidation sites excluding steroid dienone is 1. The monoisotopic (exact) mass is 283 g/mol. The van der Waals surface area contributed by atoms with Crippen molar-refractivity contribution in [3.05, 3.63) is 70.8 Å². The van der Waals surface area contributed by atoms with Crippen LogP contribution in [0.1, 0.15) is 33.5 Å². The molecule has 0 saturated heterocycles. The molecule has 0 unspecified atom stereocenters. The van der Waals surface area contributed by atoms with E-state index in [1.165, 1.54) is 19.4 Å². The van der Waals surface area contributed by atoms with Gasteiger partial charge < -0.3 is 4.74 Å². The van der Waals surface area contributed by atoms with Gasteiger partial charge >= 0.3 is 5.97 Å². The maximum absolute atomic E-state index is 13.4. The predicted octanol–water partition coefficient (Wildman–Crippen LogP) is 3.39. The van der Waals surface area contributed by atoms with Crippen LogP contribution < -0.4 is 0 Å². The Morgan fingerprint density at radius 1 is 1.29 bits per heavy atom. The molecule has 1 aliphatic carbocycles. The van der Waals surface area contributed by atoms with Crippen LogP contribution in [0.2, 0.25) is 0 Å². The third-order valence-electron chi connectivity index (χ3n) is 3.60. The van der Waals surface area contributed by atoms with Crippen LogP contribution in [0.25, 0.3) is 5.57 Å². The van der Waals surface area contributed by atoms with E-state index in [-0.39, 0.29) is 11.8 Å². The van der Waals surface area contributed by atoms with Crippen molar-refractivity contribution in [2.75, 3.05) is 7.11 Å². The number of carbonyl (C=O) groups excluding carboxylic acids is 1. The Kier molecular flexibility index (Phi) is 3.52. The molecule has 106 valence electrons. The second-order valence-corrected chi connectivity index (χ2v) is 4.91. The van der Waals surface area contributed by atoms with Crippen LogP contribution in [0, 0.1) is 5.82 Å². The molecule has 1 aromatic heterocycles. The summed E-state index contributed by atoms with van der Waals surface area (Å²) in [6.45, 7) is 0. The molecule has 0 amide bonds. The van der Waals surface area contributed by atoms with Crippen molar-refractivity contribution in [3.8, 4) is 0 Å². The average Bonchev–Trinajstić information content (AvgIpc) is 2.53. The van der Waals surface area contributed by atoms with E-state index in [9.17, 15) is 9.18 Å². The number of halogens is 1. The van der Waals surface area contributed by atoms with Gasteiger partial charge in [-0.3, -0.25) is 4.98 Å². The normalized spacial score (nSPS) is 13.3. The molecule has 3 rings (SSSR count). The molecule has 0 spiro atoms. The summed E-state index contributed by atoms with van der Waals surface area (Å²) in [6, 6.07) is 6.95. The fourth-order valence-corrected chi connectivity index (χ4v) is 2.60. The number of methoxy groups -OCH3 is 1. The highest BCUT2D eigenvalue weighted by Crippen LogP contribution is 2.32. The van der Waals surface area contributed by atoms with E-state index in [4.69, 9.17) is 4.74 Å². The Labute approximate surface area is 122 Å². The fraction of sp³-hybridized carbons (Fsp3) is 0.176. The summed E-state index contributed by atoms with van der Waals surface area (Å²) in [4.78, 5) is 15.6. The summed E-state index contributed by atoms with van der Waals surface area (Å²) in [6.07, 6.45) is 6.66. The molecule has 0 atom stereocenters. The van der Waals surface area contributed by atoms with E-state index in [0.29, 0.717) is 5.56 Å². The minimum atomic E-state index is -0.375. The molecule has 4 heteroatoms. The van der Waals surface area contributed by atoms with Crippen LogP contribution in [0.4, 0.5) is 4.39 Å². The molecule has 1 aliphatic rings. The van der Waals surface area contributed by atoms with Gasteiger partial charge in [-0.25, -0.2) is 9.18 Å². The maximum Gasteiger partial charge on any atom is 0.337 e. The molecule has 0 aliphatic heterocycles. The zero-order chi connectivity index (χ0) is 14.8. The molecular formula is C17H14FNO2. The lowest BCUT2D eigenvalue weighted by Gasteiger charge is -2.18. The third kappa shape index (κ3) is 2.57. The average molecular weight is 283 g/mol. The van der Waals surface area contributed by atoms with Gasteiger partial charge in [0.1, 0.15) is 5.82 Å². The van der Waals surface area contributed by atoms with E-state index in [1.807, 2.05) is 6.07 Å². The SMILES string of the molecule is COC(=O)c1ccc2c(c1)C(c1cncc(F)c1)=CCC2. The largest absolute Gasteiger partial charge is 0.465 e. The van der Waals surface area contributed by atoms with E-state index < -0.39 is 0 Å². The van der Waals surface area contributed by atoms with Gasteiger partial charge in [-0.1, -0.05) is 12.1 Å². The van der Waals surface area contributed by atoms with Crippen LogP contribution in [0.3, 0.4) is 0 Å². The highest BCUT2D eigenvalue weighted by atomic mass is 19.1. The van der Waals surface area contributed by atoms with Crippen LogP contribution in [-0.2, 0) is 11.2 Å². The Morgan fingerprint density at radius 2 is 2.14 bits per heavy atom.